The second kappa shape index (κ2) is 4.26. The molecule has 0 saturated heterocycles. The lowest BCUT2D eigenvalue weighted by molar-refractivity contribution is 0.580. The number of rotatable bonds is 4. The van der Waals surface area contributed by atoms with Crippen LogP contribution in [0, 0.1) is 5.92 Å². The van der Waals surface area contributed by atoms with Crippen molar-refractivity contribution < 1.29 is 0 Å². The molecular formula is C10H22P+. The van der Waals surface area contributed by atoms with Gasteiger partial charge in [-0.05, 0) is 19.3 Å². The molecule has 0 aliphatic heterocycles. The van der Waals surface area contributed by atoms with Crippen molar-refractivity contribution in [3.8, 4) is 0 Å². The van der Waals surface area contributed by atoms with Crippen LogP contribution >= 0.6 is 7.26 Å². The second-order valence-electron chi connectivity index (χ2n) is 4.29. The van der Waals surface area contributed by atoms with Crippen molar-refractivity contribution in [2.24, 2.45) is 5.92 Å². The fourth-order valence-electron chi connectivity index (χ4n) is 1.13. The molecule has 0 nitrogen and oxygen atoms in total. The molecule has 0 saturated carbocycles. The third kappa shape index (κ3) is 3.91. The van der Waals surface area contributed by atoms with Crippen LogP contribution in [0.25, 0.3) is 0 Å². The van der Waals surface area contributed by atoms with Gasteiger partial charge in [0.25, 0.3) is 0 Å². The van der Waals surface area contributed by atoms with Gasteiger partial charge >= 0.3 is 0 Å². The van der Waals surface area contributed by atoms with Gasteiger partial charge in [0.1, 0.15) is 0 Å². The average molecular weight is 173 g/mol. The Labute approximate surface area is 72.4 Å². The zero-order valence-electron chi connectivity index (χ0n) is 8.59. The molecule has 0 aromatic carbocycles. The molecule has 11 heavy (non-hydrogen) atoms. The van der Waals surface area contributed by atoms with Gasteiger partial charge in [0.15, 0.2) is 0 Å². The SMILES string of the molecule is C=C[P+](C)(C)C(C)CC(C)C. The van der Waals surface area contributed by atoms with Crippen molar-refractivity contribution in [2.75, 3.05) is 13.3 Å². The number of hydrogen-bond acceptors (Lipinski definition) is 0. The second-order valence-corrected chi connectivity index (χ2v) is 8.80. The molecule has 66 valence electrons. The summed E-state index contributed by atoms with van der Waals surface area (Å²) in [6.45, 7) is 15.6. The molecule has 1 unspecified atom stereocenters. The first kappa shape index (κ1) is 11.2. The van der Waals surface area contributed by atoms with Crippen LogP contribution in [0.15, 0.2) is 12.4 Å². The van der Waals surface area contributed by atoms with Gasteiger partial charge in [-0.15, -0.1) is 0 Å². The van der Waals surface area contributed by atoms with E-state index in [2.05, 4.69) is 46.5 Å². The lowest BCUT2D eigenvalue weighted by atomic mass is 10.1. The Kier molecular flexibility index (Phi) is 4.32. The van der Waals surface area contributed by atoms with E-state index in [9.17, 15) is 0 Å². The van der Waals surface area contributed by atoms with Gasteiger partial charge in [-0.2, -0.15) is 0 Å². The minimum atomic E-state index is -0.804. The van der Waals surface area contributed by atoms with E-state index in [0.29, 0.717) is 0 Å². The molecule has 0 aromatic heterocycles. The lowest BCUT2D eigenvalue weighted by Crippen LogP contribution is -2.09. The highest BCUT2D eigenvalue weighted by Gasteiger charge is 2.29. The molecule has 1 heteroatoms. The Morgan fingerprint density at radius 2 is 1.73 bits per heavy atom. The van der Waals surface area contributed by atoms with Gasteiger partial charge in [0, 0.05) is 7.26 Å². The quantitative estimate of drug-likeness (QED) is 0.566. The summed E-state index contributed by atoms with van der Waals surface area (Å²) in [4.78, 5) is 0. The minimum absolute atomic E-state index is 0.804. The monoisotopic (exact) mass is 173 g/mol. The molecular weight excluding hydrogens is 151 g/mol. The molecule has 0 aliphatic rings. The van der Waals surface area contributed by atoms with Crippen LogP contribution in [0.4, 0.5) is 0 Å². The summed E-state index contributed by atoms with van der Waals surface area (Å²) in [5, 5.41) is 0. The van der Waals surface area contributed by atoms with Crippen LogP contribution in [-0.4, -0.2) is 19.0 Å². The maximum absolute atomic E-state index is 3.91. The summed E-state index contributed by atoms with van der Waals surface area (Å²) >= 11 is 0. The highest BCUT2D eigenvalue weighted by atomic mass is 31.2. The molecule has 0 spiro atoms. The molecule has 0 heterocycles. The molecule has 0 N–H and O–H groups in total. The van der Waals surface area contributed by atoms with Crippen molar-refractivity contribution in [2.45, 2.75) is 32.9 Å². The number of hydrogen-bond donors (Lipinski definition) is 0. The van der Waals surface area contributed by atoms with E-state index in [1.165, 1.54) is 6.42 Å². The predicted octanol–water partition coefficient (Wildman–Crippen LogP) is 3.84. The fraction of sp³-hybridized carbons (Fsp3) is 0.800. The van der Waals surface area contributed by atoms with Gasteiger partial charge < -0.3 is 0 Å². The van der Waals surface area contributed by atoms with Crippen molar-refractivity contribution in [1.29, 1.82) is 0 Å². The van der Waals surface area contributed by atoms with Crippen LogP contribution in [0.2, 0.25) is 0 Å². The molecule has 0 rings (SSSR count). The topological polar surface area (TPSA) is 0 Å². The summed E-state index contributed by atoms with van der Waals surface area (Å²) in [6.07, 6.45) is 1.34. The first-order valence-electron chi connectivity index (χ1n) is 4.37. The van der Waals surface area contributed by atoms with Crippen LogP contribution in [0.3, 0.4) is 0 Å². The van der Waals surface area contributed by atoms with Crippen molar-refractivity contribution in [3.05, 3.63) is 12.4 Å². The Balaban J connectivity index is 4.01. The minimum Gasteiger partial charge on any atom is -0.0640 e. The summed E-state index contributed by atoms with van der Waals surface area (Å²) in [6, 6.07) is 0. The van der Waals surface area contributed by atoms with Crippen molar-refractivity contribution in [1.82, 2.24) is 0 Å². The first-order valence-corrected chi connectivity index (χ1v) is 7.19. The van der Waals surface area contributed by atoms with Gasteiger partial charge in [0.05, 0.1) is 24.8 Å². The predicted molar refractivity (Wildman–Crippen MR) is 57.9 cm³/mol. The molecule has 0 aromatic rings. The van der Waals surface area contributed by atoms with E-state index in [-0.39, 0.29) is 0 Å². The van der Waals surface area contributed by atoms with E-state index < -0.39 is 7.26 Å². The third-order valence-electron chi connectivity index (χ3n) is 2.42. The smallest absolute Gasteiger partial charge is 0.0640 e. The lowest BCUT2D eigenvalue weighted by Gasteiger charge is -2.22. The molecule has 0 amide bonds. The third-order valence-corrected chi connectivity index (χ3v) is 5.84. The van der Waals surface area contributed by atoms with E-state index in [0.717, 1.165) is 11.6 Å². The standard InChI is InChI=1S/C10H22P/c1-7-11(5,6)10(4)8-9(2)3/h7,9-10H,1,8H2,2-6H3/q+1. The van der Waals surface area contributed by atoms with E-state index >= 15 is 0 Å². The van der Waals surface area contributed by atoms with Crippen LogP contribution in [-0.2, 0) is 0 Å². The van der Waals surface area contributed by atoms with E-state index in [1.54, 1.807) is 0 Å². The average Bonchev–Trinajstić information content (AvgIpc) is 1.86. The Bertz CT molecular complexity index is 125. The summed E-state index contributed by atoms with van der Waals surface area (Å²) < 4.78 is 0. The first-order chi connectivity index (χ1) is 4.90. The zero-order chi connectivity index (χ0) is 9.07. The van der Waals surface area contributed by atoms with Crippen LogP contribution in [0.1, 0.15) is 27.2 Å². The Morgan fingerprint density at radius 3 is 2.00 bits per heavy atom. The maximum atomic E-state index is 3.91. The van der Waals surface area contributed by atoms with Gasteiger partial charge in [-0.3, -0.25) is 0 Å². The largest absolute Gasteiger partial charge is 0.0707 e. The normalized spacial score (nSPS) is 15.1. The van der Waals surface area contributed by atoms with Crippen LogP contribution < -0.4 is 0 Å². The molecule has 0 aliphatic carbocycles. The van der Waals surface area contributed by atoms with Crippen molar-refractivity contribution >= 4 is 7.26 Å². The molecule has 0 radical (unpaired) electrons. The zero-order valence-corrected chi connectivity index (χ0v) is 9.49. The highest BCUT2D eigenvalue weighted by molar-refractivity contribution is 7.78. The Morgan fingerprint density at radius 1 is 1.27 bits per heavy atom. The molecule has 1 atom stereocenters. The van der Waals surface area contributed by atoms with Crippen LogP contribution in [0.5, 0.6) is 0 Å². The van der Waals surface area contributed by atoms with E-state index in [1.807, 2.05) is 0 Å². The highest BCUT2D eigenvalue weighted by Crippen LogP contribution is 2.58. The van der Waals surface area contributed by atoms with Gasteiger partial charge in [-0.1, -0.05) is 20.4 Å². The van der Waals surface area contributed by atoms with Gasteiger partial charge in [-0.25, -0.2) is 0 Å². The molecule has 0 bridgehead atoms. The van der Waals surface area contributed by atoms with Gasteiger partial charge in [0.2, 0.25) is 0 Å². The summed E-state index contributed by atoms with van der Waals surface area (Å²) in [5.74, 6) is 3.00. The maximum Gasteiger partial charge on any atom is 0.0707 e. The fourth-order valence-corrected chi connectivity index (χ4v) is 2.46. The molecule has 0 fully saturated rings. The van der Waals surface area contributed by atoms with E-state index in [4.69, 9.17) is 0 Å². The Hall–Kier alpha value is 0.170. The summed E-state index contributed by atoms with van der Waals surface area (Å²) in [7, 11) is -0.804. The summed E-state index contributed by atoms with van der Waals surface area (Å²) in [5.41, 5.74) is 0.847. The van der Waals surface area contributed by atoms with Crippen molar-refractivity contribution in [3.63, 3.8) is 0 Å².